The van der Waals surface area contributed by atoms with Gasteiger partial charge in [0.2, 0.25) is 0 Å². The maximum Gasteiger partial charge on any atom is 4.00 e. The van der Waals surface area contributed by atoms with E-state index in [1.165, 1.54) is 0 Å². The number of hydrogen-bond acceptors (Lipinski definition) is 0. The van der Waals surface area contributed by atoms with Gasteiger partial charge >= 0.3 is 26.2 Å². The fourth-order valence-corrected chi connectivity index (χ4v) is 1.13. The van der Waals surface area contributed by atoms with E-state index in [9.17, 15) is 0 Å². The van der Waals surface area contributed by atoms with Gasteiger partial charge in [-0.3, -0.25) is 12.2 Å². The van der Waals surface area contributed by atoms with Gasteiger partial charge in [-0.25, -0.2) is 24.3 Å². The summed E-state index contributed by atoms with van der Waals surface area (Å²) in [7, 11) is 0. The van der Waals surface area contributed by atoms with Crippen molar-refractivity contribution in [1.82, 2.24) is 0 Å². The average molecular weight is 366 g/mol. The molecule has 0 aromatic carbocycles. The standard InChI is InChI=1S/2C5H5.2C4H10N.Zr/c2*1-2-4-5-3-1;2*1-3-5-4-2;/h2*1-3H,4H2;2*3-4H2,1-2H3;/q4*-1;+4. The summed E-state index contributed by atoms with van der Waals surface area (Å²) < 4.78 is 0. The predicted molar refractivity (Wildman–Crippen MR) is 92.0 cm³/mol. The molecule has 0 heterocycles. The molecule has 0 aromatic rings. The minimum atomic E-state index is 0. The van der Waals surface area contributed by atoms with Crippen molar-refractivity contribution in [2.45, 2.75) is 40.5 Å². The number of rotatable bonds is 4. The molecule has 0 saturated heterocycles. The molecule has 2 aliphatic rings. The van der Waals surface area contributed by atoms with E-state index < -0.39 is 0 Å². The summed E-state index contributed by atoms with van der Waals surface area (Å²) >= 11 is 0. The summed E-state index contributed by atoms with van der Waals surface area (Å²) in [5.41, 5.74) is 0. The smallest absolute Gasteiger partial charge is 0.663 e. The second-order valence-electron chi connectivity index (χ2n) is 3.72. The van der Waals surface area contributed by atoms with E-state index >= 15 is 0 Å². The molecule has 116 valence electrons. The number of nitrogens with zero attached hydrogens (tertiary/aromatic N) is 2. The van der Waals surface area contributed by atoms with Crippen molar-refractivity contribution in [3.8, 4) is 0 Å². The Labute approximate surface area is 152 Å². The first-order chi connectivity index (χ1) is 9.83. The normalized spacial score (nSPS) is 12.4. The first-order valence-corrected chi connectivity index (χ1v) is 7.53. The molecule has 0 N–H and O–H groups in total. The second kappa shape index (κ2) is 28.0. The molecule has 2 aliphatic carbocycles. The van der Waals surface area contributed by atoms with Crippen LogP contribution in [-0.2, 0) is 26.2 Å². The fraction of sp³-hybridized carbons (Fsp3) is 0.556. The molecule has 0 saturated carbocycles. The van der Waals surface area contributed by atoms with Gasteiger partial charge in [-0.15, -0.1) is 12.8 Å². The van der Waals surface area contributed by atoms with Gasteiger partial charge in [0, 0.05) is 0 Å². The Morgan fingerprint density at radius 2 is 1.05 bits per heavy atom. The molecule has 0 unspecified atom stereocenters. The van der Waals surface area contributed by atoms with Crippen molar-refractivity contribution in [3.63, 3.8) is 0 Å². The average Bonchev–Trinajstić information content (AvgIpc) is 3.20. The van der Waals surface area contributed by atoms with E-state index in [1.54, 1.807) is 0 Å². The Hall–Kier alpha value is -0.237. The Bertz CT molecular complexity index is 216. The zero-order valence-corrected chi connectivity index (χ0v) is 16.6. The van der Waals surface area contributed by atoms with Crippen molar-refractivity contribution in [2.75, 3.05) is 26.2 Å². The van der Waals surface area contributed by atoms with Gasteiger partial charge in [0.25, 0.3) is 0 Å². The number of allylic oxidation sites excluding steroid dienone is 8. The molecule has 0 aromatic heterocycles. The van der Waals surface area contributed by atoms with Gasteiger partial charge in [-0.05, 0) is 0 Å². The third-order valence-electron chi connectivity index (χ3n) is 2.07. The molecule has 0 spiro atoms. The van der Waals surface area contributed by atoms with Crippen LogP contribution in [0.15, 0.2) is 36.5 Å². The van der Waals surface area contributed by atoms with E-state index in [0.29, 0.717) is 0 Å². The molecule has 0 bridgehead atoms. The van der Waals surface area contributed by atoms with Crippen LogP contribution in [0.4, 0.5) is 0 Å². The van der Waals surface area contributed by atoms with Crippen molar-refractivity contribution in [3.05, 3.63) is 59.2 Å². The SMILES string of the molecule is CC[N-]CC.CC[N-]CC.[C-]1=CC=CC1.[C-]1=CC=CC1.[Zr+4]. The summed E-state index contributed by atoms with van der Waals surface area (Å²) in [5.74, 6) is 0. The largest absolute Gasteiger partial charge is 4.00 e. The van der Waals surface area contributed by atoms with Gasteiger partial charge < -0.3 is 10.6 Å². The molecule has 3 heteroatoms. The third kappa shape index (κ3) is 32.9. The van der Waals surface area contributed by atoms with Crippen LogP contribution in [0.2, 0.25) is 0 Å². The Morgan fingerprint density at radius 3 is 1.10 bits per heavy atom. The van der Waals surface area contributed by atoms with E-state index in [2.05, 4.69) is 34.9 Å². The van der Waals surface area contributed by atoms with E-state index in [1.807, 2.05) is 52.0 Å². The fourth-order valence-electron chi connectivity index (χ4n) is 1.13. The predicted octanol–water partition coefficient (Wildman–Crippen LogP) is 5.41. The minimum absolute atomic E-state index is 0. The first kappa shape index (κ1) is 25.7. The molecule has 0 radical (unpaired) electrons. The maximum atomic E-state index is 3.97. The Morgan fingerprint density at radius 1 is 0.714 bits per heavy atom. The van der Waals surface area contributed by atoms with E-state index in [-0.39, 0.29) is 26.2 Å². The zero-order chi connectivity index (χ0) is 15.3. The molecule has 21 heavy (non-hydrogen) atoms. The van der Waals surface area contributed by atoms with Crippen molar-refractivity contribution in [1.29, 1.82) is 0 Å². The van der Waals surface area contributed by atoms with Crippen LogP contribution in [0.3, 0.4) is 0 Å². The van der Waals surface area contributed by atoms with Gasteiger partial charge in [0.15, 0.2) is 0 Å². The molecule has 2 rings (SSSR count). The third-order valence-corrected chi connectivity index (χ3v) is 2.07. The quantitative estimate of drug-likeness (QED) is 0.596. The summed E-state index contributed by atoms with van der Waals surface area (Å²) in [6.07, 6.45) is 20.0. The molecular formula is C18H30N2Zr. The first-order valence-electron chi connectivity index (χ1n) is 7.53. The Balaban J connectivity index is -0.000000202. The van der Waals surface area contributed by atoms with Gasteiger partial charge in [0.1, 0.15) is 0 Å². The minimum Gasteiger partial charge on any atom is -0.663 e. The van der Waals surface area contributed by atoms with Crippen LogP contribution in [-0.4, -0.2) is 26.2 Å². The molecule has 0 fully saturated rings. The van der Waals surface area contributed by atoms with Crippen LogP contribution in [0.25, 0.3) is 10.6 Å². The summed E-state index contributed by atoms with van der Waals surface area (Å²) in [6.45, 7) is 12.1. The summed E-state index contributed by atoms with van der Waals surface area (Å²) in [6, 6.07) is 0. The van der Waals surface area contributed by atoms with Crippen molar-refractivity contribution in [2.24, 2.45) is 0 Å². The molecule has 2 nitrogen and oxygen atoms in total. The van der Waals surface area contributed by atoms with Gasteiger partial charge in [-0.2, -0.15) is 38.3 Å². The van der Waals surface area contributed by atoms with Gasteiger partial charge in [0.05, 0.1) is 0 Å². The van der Waals surface area contributed by atoms with Crippen LogP contribution in [0, 0.1) is 12.2 Å². The maximum absolute atomic E-state index is 3.97. The van der Waals surface area contributed by atoms with E-state index in [0.717, 1.165) is 39.0 Å². The molecule has 0 aliphatic heterocycles. The summed E-state index contributed by atoms with van der Waals surface area (Å²) in [5, 5.41) is 7.94. The molecular weight excluding hydrogens is 335 g/mol. The topological polar surface area (TPSA) is 28.2 Å². The zero-order valence-electron chi connectivity index (χ0n) is 14.1. The second-order valence-corrected chi connectivity index (χ2v) is 3.72. The van der Waals surface area contributed by atoms with E-state index in [4.69, 9.17) is 0 Å². The Kier molecular flexibility index (Phi) is 34.3. The van der Waals surface area contributed by atoms with Gasteiger partial charge in [-0.1, -0.05) is 27.7 Å². The summed E-state index contributed by atoms with van der Waals surface area (Å²) in [4.78, 5) is 0. The van der Waals surface area contributed by atoms with Crippen molar-refractivity contribution < 1.29 is 26.2 Å². The van der Waals surface area contributed by atoms with Crippen LogP contribution in [0.5, 0.6) is 0 Å². The van der Waals surface area contributed by atoms with Crippen molar-refractivity contribution >= 4 is 0 Å². The van der Waals surface area contributed by atoms with Crippen LogP contribution in [0.1, 0.15) is 40.5 Å². The van der Waals surface area contributed by atoms with Crippen LogP contribution < -0.4 is 0 Å². The van der Waals surface area contributed by atoms with Crippen LogP contribution >= 0.6 is 0 Å². The molecule has 0 atom stereocenters. The monoisotopic (exact) mass is 364 g/mol. The molecule has 0 amide bonds. The number of hydrogen-bond donors (Lipinski definition) is 0.